The molecule has 0 aliphatic rings. The summed E-state index contributed by atoms with van der Waals surface area (Å²) in [6, 6.07) is 11.1. The second-order valence-electron chi connectivity index (χ2n) is 6.54. The molecule has 0 aromatic heterocycles. The van der Waals surface area contributed by atoms with Crippen molar-refractivity contribution in [1.29, 1.82) is 0 Å². The Morgan fingerprint density at radius 3 is 2.32 bits per heavy atom. The van der Waals surface area contributed by atoms with E-state index in [2.05, 4.69) is 26.6 Å². The molecule has 0 unspecified atom stereocenters. The lowest BCUT2D eigenvalue weighted by molar-refractivity contribution is -0.147. The Morgan fingerprint density at radius 1 is 0.893 bits per heavy atom. The highest BCUT2D eigenvalue weighted by atomic mass is 79.9. The number of esters is 1. The van der Waals surface area contributed by atoms with Gasteiger partial charge in [0.25, 0.3) is 5.91 Å². The first-order valence-corrected chi connectivity index (χ1v) is 9.62. The topological polar surface area (TPSA) is 84.5 Å². The summed E-state index contributed by atoms with van der Waals surface area (Å²) in [6.45, 7) is 5.39. The molecule has 2 amide bonds. The molecule has 7 heteroatoms. The Balaban J connectivity index is 1.72. The molecular weight excluding hydrogens is 424 g/mol. The summed E-state index contributed by atoms with van der Waals surface area (Å²) < 4.78 is 5.87. The van der Waals surface area contributed by atoms with Gasteiger partial charge < -0.3 is 15.4 Å². The number of hydrogen-bond acceptors (Lipinski definition) is 4. The molecule has 2 aromatic carbocycles. The molecule has 0 heterocycles. The van der Waals surface area contributed by atoms with E-state index < -0.39 is 18.5 Å². The van der Waals surface area contributed by atoms with E-state index in [1.165, 1.54) is 0 Å². The van der Waals surface area contributed by atoms with Gasteiger partial charge in [0.05, 0.1) is 6.42 Å². The maximum atomic E-state index is 12.0. The number of benzene rings is 2. The van der Waals surface area contributed by atoms with E-state index in [0.717, 1.165) is 21.2 Å². The van der Waals surface area contributed by atoms with Crippen LogP contribution in [-0.4, -0.2) is 24.4 Å². The minimum atomic E-state index is -0.599. The maximum Gasteiger partial charge on any atom is 0.306 e. The molecule has 0 atom stereocenters. The van der Waals surface area contributed by atoms with Gasteiger partial charge in [-0.2, -0.15) is 0 Å². The molecule has 0 bridgehead atoms. The third-order valence-electron chi connectivity index (χ3n) is 4.02. The van der Waals surface area contributed by atoms with Crippen molar-refractivity contribution in [3.63, 3.8) is 0 Å². The van der Waals surface area contributed by atoms with E-state index in [-0.39, 0.29) is 18.7 Å². The number of carbonyl (C=O) groups excluding carboxylic acids is 3. The van der Waals surface area contributed by atoms with E-state index in [9.17, 15) is 14.4 Å². The van der Waals surface area contributed by atoms with Crippen molar-refractivity contribution in [2.24, 2.45) is 0 Å². The Hall–Kier alpha value is -2.67. The highest BCUT2D eigenvalue weighted by Gasteiger charge is 2.12. The van der Waals surface area contributed by atoms with Crippen LogP contribution in [0.25, 0.3) is 0 Å². The number of halogens is 1. The van der Waals surface area contributed by atoms with Crippen molar-refractivity contribution < 1.29 is 19.1 Å². The fourth-order valence-electron chi connectivity index (χ4n) is 2.52. The number of ether oxygens (including phenoxy) is 1. The molecule has 0 saturated carbocycles. The third-order valence-corrected chi connectivity index (χ3v) is 4.91. The molecule has 0 fully saturated rings. The van der Waals surface area contributed by atoms with Crippen LogP contribution in [0.4, 0.5) is 11.4 Å². The number of anilines is 2. The third kappa shape index (κ3) is 6.81. The second-order valence-corrected chi connectivity index (χ2v) is 7.39. The van der Waals surface area contributed by atoms with Crippen LogP contribution in [-0.2, 0) is 19.1 Å². The van der Waals surface area contributed by atoms with Gasteiger partial charge in [0.1, 0.15) is 0 Å². The Bertz CT molecular complexity index is 896. The Labute approximate surface area is 172 Å². The molecule has 0 aliphatic carbocycles. The predicted octanol–water partition coefficient (Wildman–Crippen LogP) is 4.27. The van der Waals surface area contributed by atoms with Crippen LogP contribution in [0.5, 0.6) is 0 Å². The average molecular weight is 447 g/mol. The van der Waals surface area contributed by atoms with Crippen LogP contribution in [0.2, 0.25) is 0 Å². The number of amides is 2. The normalized spacial score (nSPS) is 10.3. The highest BCUT2D eigenvalue weighted by molar-refractivity contribution is 9.10. The zero-order valence-electron chi connectivity index (χ0n) is 16.1. The molecule has 2 N–H and O–H groups in total. The molecule has 2 rings (SSSR count). The first kappa shape index (κ1) is 21.6. The molecule has 28 heavy (non-hydrogen) atoms. The number of rotatable bonds is 7. The van der Waals surface area contributed by atoms with E-state index in [0.29, 0.717) is 11.4 Å². The van der Waals surface area contributed by atoms with E-state index >= 15 is 0 Å². The molecular formula is C21H23BrN2O4. The van der Waals surface area contributed by atoms with Crippen LogP contribution in [0, 0.1) is 20.8 Å². The lowest BCUT2D eigenvalue weighted by atomic mass is 10.1. The Morgan fingerprint density at radius 2 is 1.64 bits per heavy atom. The van der Waals surface area contributed by atoms with Crippen molar-refractivity contribution in [3.05, 3.63) is 57.6 Å². The lowest BCUT2D eigenvalue weighted by Gasteiger charge is -2.10. The minimum absolute atomic E-state index is 0.0142. The maximum absolute atomic E-state index is 12.0. The number of hydrogen-bond donors (Lipinski definition) is 2. The first-order chi connectivity index (χ1) is 13.2. The minimum Gasteiger partial charge on any atom is -0.456 e. The quantitative estimate of drug-likeness (QED) is 0.621. The fraction of sp³-hybridized carbons (Fsp3) is 0.286. The van der Waals surface area contributed by atoms with E-state index in [4.69, 9.17) is 4.74 Å². The summed E-state index contributed by atoms with van der Waals surface area (Å²) in [5, 5.41) is 5.43. The molecule has 0 aliphatic heterocycles. The van der Waals surface area contributed by atoms with Crippen molar-refractivity contribution in [3.8, 4) is 0 Å². The van der Waals surface area contributed by atoms with Gasteiger partial charge in [-0.05, 0) is 56.2 Å². The van der Waals surface area contributed by atoms with Gasteiger partial charge in [0.15, 0.2) is 6.61 Å². The van der Waals surface area contributed by atoms with Gasteiger partial charge in [-0.25, -0.2) is 0 Å². The first-order valence-electron chi connectivity index (χ1n) is 8.83. The number of aryl methyl sites for hydroxylation is 3. The summed E-state index contributed by atoms with van der Waals surface area (Å²) in [5.41, 5.74) is 4.37. The summed E-state index contributed by atoms with van der Waals surface area (Å²) in [6.07, 6.45) is -0.110. The van der Waals surface area contributed by atoms with Gasteiger partial charge in [-0.3, -0.25) is 14.4 Å². The smallest absolute Gasteiger partial charge is 0.306 e. The van der Waals surface area contributed by atoms with Crippen molar-refractivity contribution in [2.75, 3.05) is 17.2 Å². The van der Waals surface area contributed by atoms with E-state index in [1.54, 1.807) is 12.1 Å². The molecule has 0 radical (unpaired) electrons. The van der Waals surface area contributed by atoms with Crippen molar-refractivity contribution in [1.82, 2.24) is 0 Å². The fourth-order valence-corrected chi connectivity index (χ4v) is 2.77. The van der Waals surface area contributed by atoms with Crippen LogP contribution >= 0.6 is 15.9 Å². The monoisotopic (exact) mass is 446 g/mol. The zero-order chi connectivity index (χ0) is 20.7. The standard InChI is InChI=1S/C21H23BrN2O4/c1-13-4-7-18(15(3)10-13)24-19(25)8-9-21(27)28-12-20(26)23-16-5-6-17(22)14(2)11-16/h4-7,10-11H,8-9,12H2,1-3H3,(H,23,26)(H,24,25). The van der Waals surface area contributed by atoms with Gasteiger partial charge in [-0.1, -0.05) is 33.6 Å². The lowest BCUT2D eigenvalue weighted by Crippen LogP contribution is -2.22. The number of nitrogens with one attached hydrogen (secondary N) is 2. The van der Waals surface area contributed by atoms with Gasteiger partial charge in [-0.15, -0.1) is 0 Å². The summed E-state index contributed by atoms with van der Waals surface area (Å²) >= 11 is 3.39. The summed E-state index contributed by atoms with van der Waals surface area (Å²) in [7, 11) is 0. The molecule has 2 aromatic rings. The van der Waals surface area contributed by atoms with Crippen molar-refractivity contribution >= 4 is 45.1 Å². The zero-order valence-corrected chi connectivity index (χ0v) is 17.7. The van der Waals surface area contributed by atoms with Crippen LogP contribution < -0.4 is 10.6 Å². The summed E-state index contributed by atoms with van der Waals surface area (Å²) in [4.78, 5) is 35.6. The van der Waals surface area contributed by atoms with Crippen molar-refractivity contribution in [2.45, 2.75) is 33.6 Å². The highest BCUT2D eigenvalue weighted by Crippen LogP contribution is 2.20. The second kappa shape index (κ2) is 10.0. The largest absolute Gasteiger partial charge is 0.456 e. The van der Waals surface area contributed by atoms with Crippen LogP contribution in [0.1, 0.15) is 29.5 Å². The predicted molar refractivity (Wildman–Crippen MR) is 112 cm³/mol. The van der Waals surface area contributed by atoms with Gasteiger partial charge >= 0.3 is 5.97 Å². The molecule has 148 valence electrons. The van der Waals surface area contributed by atoms with Gasteiger partial charge in [0, 0.05) is 22.3 Å². The van der Waals surface area contributed by atoms with E-state index in [1.807, 2.05) is 45.0 Å². The average Bonchev–Trinajstić information content (AvgIpc) is 2.63. The van der Waals surface area contributed by atoms with Crippen LogP contribution in [0.3, 0.4) is 0 Å². The Kier molecular flexibility index (Phi) is 7.75. The number of carbonyl (C=O) groups is 3. The van der Waals surface area contributed by atoms with Gasteiger partial charge in [0.2, 0.25) is 5.91 Å². The van der Waals surface area contributed by atoms with Crippen LogP contribution in [0.15, 0.2) is 40.9 Å². The molecule has 0 spiro atoms. The SMILES string of the molecule is Cc1ccc(NC(=O)CCC(=O)OCC(=O)Nc2ccc(Br)c(C)c2)c(C)c1. The molecule has 6 nitrogen and oxygen atoms in total. The summed E-state index contributed by atoms with van der Waals surface area (Å²) in [5.74, 6) is -1.31. The molecule has 0 saturated heterocycles.